The van der Waals surface area contributed by atoms with Crippen molar-refractivity contribution in [2.45, 2.75) is 18.3 Å². The van der Waals surface area contributed by atoms with Crippen molar-refractivity contribution in [1.29, 1.82) is 0 Å². The van der Waals surface area contributed by atoms with Gasteiger partial charge in [-0.25, -0.2) is 12.7 Å². The van der Waals surface area contributed by atoms with Crippen molar-refractivity contribution >= 4 is 15.9 Å². The van der Waals surface area contributed by atoms with Gasteiger partial charge in [0.1, 0.15) is 0 Å². The zero-order chi connectivity index (χ0) is 16.4. The lowest BCUT2D eigenvalue weighted by Crippen LogP contribution is -2.42. The summed E-state index contributed by atoms with van der Waals surface area (Å²) in [6, 6.07) is 15.7. The minimum atomic E-state index is -3.69. The minimum absolute atomic E-state index is 0.0361. The maximum Gasteiger partial charge on any atom is 0.267 e. The van der Waals surface area contributed by atoms with Crippen molar-refractivity contribution in [3.63, 3.8) is 0 Å². The number of aliphatic hydroxyl groups is 1. The van der Waals surface area contributed by atoms with E-state index in [-0.39, 0.29) is 18.7 Å². The van der Waals surface area contributed by atoms with Crippen LogP contribution in [0.2, 0.25) is 0 Å². The SMILES string of the molecule is O=C1c2ccccc2CS(=O)(=O)N1CCC(O)c1ccccc1. The number of amides is 1. The van der Waals surface area contributed by atoms with Crippen LogP contribution in [0.15, 0.2) is 54.6 Å². The maximum absolute atomic E-state index is 12.4. The highest BCUT2D eigenvalue weighted by Crippen LogP contribution is 2.26. The summed E-state index contributed by atoms with van der Waals surface area (Å²) in [5, 5.41) is 10.2. The quantitative estimate of drug-likeness (QED) is 0.931. The minimum Gasteiger partial charge on any atom is -0.388 e. The van der Waals surface area contributed by atoms with Crippen LogP contribution in [0.4, 0.5) is 0 Å². The summed E-state index contributed by atoms with van der Waals surface area (Å²) in [6.07, 6.45) is -0.645. The van der Waals surface area contributed by atoms with Crippen molar-refractivity contribution in [1.82, 2.24) is 4.31 Å². The molecule has 6 heteroatoms. The third-order valence-electron chi connectivity index (χ3n) is 3.94. The number of benzene rings is 2. The molecule has 2 aromatic carbocycles. The van der Waals surface area contributed by atoms with Gasteiger partial charge in [-0.3, -0.25) is 4.79 Å². The number of carbonyl (C=O) groups excluding carboxylic acids is 1. The molecule has 0 spiro atoms. The van der Waals surface area contributed by atoms with Crippen LogP contribution in [0.5, 0.6) is 0 Å². The average molecular weight is 331 g/mol. The van der Waals surface area contributed by atoms with Gasteiger partial charge in [-0.2, -0.15) is 0 Å². The van der Waals surface area contributed by atoms with Crippen molar-refractivity contribution < 1.29 is 18.3 Å². The van der Waals surface area contributed by atoms with E-state index in [0.717, 1.165) is 4.31 Å². The molecule has 0 aliphatic carbocycles. The van der Waals surface area contributed by atoms with Gasteiger partial charge in [0.05, 0.1) is 11.9 Å². The molecule has 5 nitrogen and oxygen atoms in total. The third kappa shape index (κ3) is 3.13. The molecule has 23 heavy (non-hydrogen) atoms. The first-order chi connectivity index (χ1) is 11.0. The highest BCUT2D eigenvalue weighted by Gasteiger charge is 2.35. The van der Waals surface area contributed by atoms with Crippen molar-refractivity contribution in [3.05, 3.63) is 71.3 Å². The number of fused-ring (bicyclic) bond motifs is 1. The van der Waals surface area contributed by atoms with Crippen molar-refractivity contribution in [2.24, 2.45) is 0 Å². The monoisotopic (exact) mass is 331 g/mol. The van der Waals surface area contributed by atoms with Crippen LogP contribution in [0.25, 0.3) is 0 Å². The van der Waals surface area contributed by atoms with Crippen LogP contribution in [0, 0.1) is 0 Å². The highest BCUT2D eigenvalue weighted by molar-refractivity contribution is 7.89. The van der Waals surface area contributed by atoms with Gasteiger partial charge in [0.2, 0.25) is 10.0 Å². The van der Waals surface area contributed by atoms with Crippen LogP contribution >= 0.6 is 0 Å². The topological polar surface area (TPSA) is 74.7 Å². The van der Waals surface area contributed by atoms with Gasteiger partial charge >= 0.3 is 0 Å². The predicted octanol–water partition coefficient (Wildman–Crippen LogP) is 2.10. The molecule has 0 saturated carbocycles. The first-order valence-electron chi connectivity index (χ1n) is 7.35. The van der Waals surface area contributed by atoms with Crippen LogP contribution in [0.1, 0.15) is 34.0 Å². The Hall–Kier alpha value is -2.18. The Morgan fingerprint density at radius 2 is 1.70 bits per heavy atom. The second kappa shape index (κ2) is 6.14. The van der Waals surface area contributed by atoms with E-state index in [1.165, 1.54) is 0 Å². The highest BCUT2D eigenvalue weighted by atomic mass is 32.2. The fourth-order valence-electron chi connectivity index (χ4n) is 2.71. The lowest BCUT2D eigenvalue weighted by Gasteiger charge is -2.28. The fourth-order valence-corrected chi connectivity index (χ4v) is 4.25. The summed E-state index contributed by atoms with van der Waals surface area (Å²) < 4.78 is 25.5. The normalized spacial score (nSPS) is 17.6. The molecular weight excluding hydrogens is 314 g/mol. The smallest absolute Gasteiger partial charge is 0.267 e. The molecule has 1 aliphatic rings. The Kier molecular flexibility index (Phi) is 4.19. The molecule has 1 heterocycles. The van der Waals surface area contributed by atoms with Gasteiger partial charge in [-0.1, -0.05) is 48.5 Å². The summed E-state index contributed by atoms with van der Waals surface area (Å²) in [7, 11) is -3.69. The first-order valence-corrected chi connectivity index (χ1v) is 8.95. The van der Waals surface area contributed by atoms with E-state index < -0.39 is 22.0 Å². The van der Waals surface area contributed by atoms with Crippen LogP contribution in [0.3, 0.4) is 0 Å². The molecule has 2 aromatic rings. The molecule has 0 bridgehead atoms. The van der Waals surface area contributed by atoms with E-state index in [4.69, 9.17) is 0 Å². The average Bonchev–Trinajstić information content (AvgIpc) is 2.54. The van der Waals surface area contributed by atoms with E-state index in [1.54, 1.807) is 48.5 Å². The Labute approximate surface area is 135 Å². The lowest BCUT2D eigenvalue weighted by atomic mass is 10.1. The number of carbonyl (C=O) groups is 1. The van der Waals surface area contributed by atoms with Crippen molar-refractivity contribution in [3.8, 4) is 0 Å². The van der Waals surface area contributed by atoms with E-state index in [1.807, 2.05) is 6.07 Å². The second-order valence-electron chi connectivity index (χ2n) is 5.51. The number of hydrogen-bond acceptors (Lipinski definition) is 4. The van der Waals surface area contributed by atoms with Crippen LogP contribution in [-0.4, -0.2) is 30.3 Å². The summed E-state index contributed by atoms with van der Waals surface area (Å²) in [4.78, 5) is 12.4. The molecule has 1 atom stereocenters. The van der Waals surface area contributed by atoms with Crippen LogP contribution in [-0.2, 0) is 15.8 Å². The molecule has 1 amide bonds. The fraction of sp³-hybridized carbons (Fsp3) is 0.235. The molecule has 0 fully saturated rings. The Morgan fingerprint density at radius 1 is 1.04 bits per heavy atom. The largest absolute Gasteiger partial charge is 0.388 e. The van der Waals surface area contributed by atoms with Gasteiger partial charge in [-0.05, 0) is 23.6 Å². The van der Waals surface area contributed by atoms with E-state index in [9.17, 15) is 18.3 Å². The van der Waals surface area contributed by atoms with Gasteiger partial charge in [0, 0.05) is 12.1 Å². The van der Waals surface area contributed by atoms with Gasteiger partial charge < -0.3 is 5.11 Å². The molecule has 0 saturated heterocycles. The molecule has 1 unspecified atom stereocenters. The summed E-state index contributed by atoms with van der Waals surface area (Å²) in [6.45, 7) is -0.0361. The Balaban J connectivity index is 1.79. The Bertz CT molecular complexity index is 817. The molecule has 0 radical (unpaired) electrons. The maximum atomic E-state index is 12.4. The number of aliphatic hydroxyl groups excluding tert-OH is 1. The van der Waals surface area contributed by atoms with Crippen molar-refractivity contribution in [2.75, 3.05) is 6.54 Å². The van der Waals surface area contributed by atoms with Gasteiger partial charge in [0.15, 0.2) is 0 Å². The van der Waals surface area contributed by atoms with E-state index in [2.05, 4.69) is 0 Å². The molecular formula is C17H17NO4S. The first kappa shape index (κ1) is 15.7. The number of sulfonamides is 1. The predicted molar refractivity (Wildman–Crippen MR) is 86.1 cm³/mol. The van der Waals surface area contributed by atoms with Gasteiger partial charge in [-0.15, -0.1) is 0 Å². The number of hydrogen-bond donors (Lipinski definition) is 1. The summed E-state index contributed by atoms with van der Waals surface area (Å²) in [5.41, 5.74) is 1.64. The molecule has 1 aliphatic heterocycles. The molecule has 1 N–H and O–H groups in total. The third-order valence-corrected chi connectivity index (χ3v) is 5.63. The zero-order valence-corrected chi connectivity index (χ0v) is 13.2. The van der Waals surface area contributed by atoms with E-state index >= 15 is 0 Å². The molecule has 3 rings (SSSR count). The zero-order valence-electron chi connectivity index (χ0n) is 12.4. The lowest BCUT2D eigenvalue weighted by molar-refractivity contribution is 0.0831. The van der Waals surface area contributed by atoms with Crippen LogP contribution < -0.4 is 0 Å². The molecule has 0 aromatic heterocycles. The summed E-state index contributed by atoms with van der Waals surface area (Å²) >= 11 is 0. The molecule has 120 valence electrons. The number of nitrogens with zero attached hydrogens (tertiary/aromatic N) is 1. The Morgan fingerprint density at radius 3 is 2.43 bits per heavy atom. The number of rotatable bonds is 4. The summed E-state index contributed by atoms with van der Waals surface area (Å²) in [5.74, 6) is -0.705. The standard InChI is InChI=1S/C17H17NO4S/c19-16(13-6-2-1-3-7-13)10-11-18-17(20)15-9-5-4-8-14(15)12-23(18,21)22/h1-9,16,19H,10-12H2. The second-order valence-corrected chi connectivity index (χ2v) is 7.40. The van der Waals surface area contributed by atoms with E-state index in [0.29, 0.717) is 16.7 Å². The van der Waals surface area contributed by atoms with Gasteiger partial charge in [0.25, 0.3) is 5.91 Å².